The predicted octanol–water partition coefficient (Wildman–Crippen LogP) is 4.30. The summed E-state index contributed by atoms with van der Waals surface area (Å²) in [5, 5.41) is 8.26. The Morgan fingerprint density at radius 3 is 3.04 bits per heavy atom. The Morgan fingerprint density at radius 2 is 2.24 bits per heavy atom. The number of aromatic nitrogens is 3. The van der Waals surface area contributed by atoms with Crippen LogP contribution >= 0.6 is 11.3 Å². The van der Waals surface area contributed by atoms with Gasteiger partial charge in [-0.3, -0.25) is 10.4 Å². The fraction of sp³-hybridized carbons (Fsp3) is 0.105. The number of hydrogen-bond donors (Lipinski definition) is 1. The second-order valence-corrected chi connectivity index (χ2v) is 6.65. The first-order chi connectivity index (χ1) is 12.3. The van der Waals surface area contributed by atoms with Gasteiger partial charge < -0.3 is 4.57 Å². The van der Waals surface area contributed by atoms with Crippen molar-refractivity contribution in [3.05, 3.63) is 77.2 Å². The van der Waals surface area contributed by atoms with Crippen LogP contribution in [0.25, 0.3) is 10.9 Å². The normalized spacial score (nSPS) is 11.4. The molecule has 1 N–H and O–H groups in total. The average molecular weight is 347 g/mol. The molecule has 0 amide bonds. The van der Waals surface area contributed by atoms with Gasteiger partial charge in [-0.2, -0.15) is 5.10 Å². The number of pyridine rings is 1. The minimum atomic E-state index is 0.803. The molecule has 0 spiro atoms. The Balaban J connectivity index is 1.51. The van der Waals surface area contributed by atoms with Gasteiger partial charge in [-0.15, -0.1) is 11.3 Å². The zero-order valence-electron chi connectivity index (χ0n) is 13.8. The van der Waals surface area contributed by atoms with E-state index in [4.69, 9.17) is 0 Å². The molecule has 1 aromatic carbocycles. The van der Waals surface area contributed by atoms with Crippen LogP contribution in [0.3, 0.4) is 0 Å². The third-order valence-corrected chi connectivity index (χ3v) is 4.73. The lowest BCUT2D eigenvalue weighted by atomic mass is 10.2. The van der Waals surface area contributed by atoms with Crippen molar-refractivity contribution in [2.24, 2.45) is 5.10 Å². The van der Waals surface area contributed by atoms with E-state index < -0.39 is 0 Å². The Morgan fingerprint density at radius 1 is 1.28 bits per heavy atom. The van der Waals surface area contributed by atoms with Gasteiger partial charge in [-0.05, 0) is 42.3 Å². The standard InChI is InChI=1S/C19H17N5S/c1-14-13-25-19(22-14)23-21-11-15-4-5-18-17(9-15)6-8-24(18)12-16-3-2-7-20-10-16/h2-11,13H,12H2,1H3,(H,22,23). The summed E-state index contributed by atoms with van der Waals surface area (Å²) in [6, 6.07) is 12.5. The summed E-state index contributed by atoms with van der Waals surface area (Å²) in [6.45, 7) is 2.78. The van der Waals surface area contributed by atoms with E-state index in [1.165, 1.54) is 16.5 Å². The highest BCUT2D eigenvalue weighted by atomic mass is 32.1. The van der Waals surface area contributed by atoms with Crippen molar-refractivity contribution < 1.29 is 0 Å². The molecule has 0 aliphatic rings. The number of hydrazone groups is 1. The van der Waals surface area contributed by atoms with Crippen LogP contribution in [-0.2, 0) is 6.54 Å². The third kappa shape index (κ3) is 3.59. The van der Waals surface area contributed by atoms with Gasteiger partial charge in [0.05, 0.1) is 11.9 Å². The van der Waals surface area contributed by atoms with E-state index in [2.05, 4.69) is 61.6 Å². The second-order valence-electron chi connectivity index (χ2n) is 5.79. The molecule has 0 bridgehead atoms. The first-order valence-corrected chi connectivity index (χ1v) is 8.85. The zero-order valence-corrected chi connectivity index (χ0v) is 14.6. The van der Waals surface area contributed by atoms with Gasteiger partial charge in [0.1, 0.15) is 0 Å². The smallest absolute Gasteiger partial charge is 0.203 e. The molecule has 0 aliphatic carbocycles. The SMILES string of the molecule is Cc1csc(NN=Cc2ccc3c(ccn3Cc3cccnc3)c2)n1. The highest BCUT2D eigenvalue weighted by Crippen LogP contribution is 2.19. The van der Waals surface area contributed by atoms with Gasteiger partial charge in [0.2, 0.25) is 5.13 Å². The zero-order chi connectivity index (χ0) is 17.1. The lowest BCUT2D eigenvalue weighted by molar-refractivity contribution is 0.831. The average Bonchev–Trinajstić information content (AvgIpc) is 3.22. The van der Waals surface area contributed by atoms with Crippen molar-refractivity contribution >= 4 is 33.6 Å². The molecule has 4 rings (SSSR count). The summed E-state index contributed by atoms with van der Waals surface area (Å²) in [4.78, 5) is 8.50. The number of hydrogen-bond acceptors (Lipinski definition) is 5. The fourth-order valence-electron chi connectivity index (χ4n) is 2.69. The molecule has 0 saturated heterocycles. The highest BCUT2D eigenvalue weighted by molar-refractivity contribution is 7.13. The van der Waals surface area contributed by atoms with Crippen molar-refractivity contribution in [3.63, 3.8) is 0 Å². The van der Waals surface area contributed by atoms with E-state index in [0.29, 0.717) is 0 Å². The van der Waals surface area contributed by atoms with Crippen LogP contribution < -0.4 is 5.43 Å². The van der Waals surface area contributed by atoms with Crippen molar-refractivity contribution in [1.29, 1.82) is 0 Å². The van der Waals surface area contributed by atoms with E-state index >= 15 is 0 Å². The molecule has 0 atom stereocenters. The summed E-state index contributed by atoms with van der Waals surface area (Å²) in [7, 11) is 0. The van der Waals surface area contributed by atoms with E-state index in [0.717, 1.165) is 22.9 Å². The Hall–Kier alpha value is -2.99. The molecule has 0 unspecified atom stereocenters. The minimum Gasteiger partial charge on any atom is -0.343 e. The van der Waals surface area contributed by atoms with E-state index in [1.54, 1.807) is 17.5 Å². The Bertz CT molecular complexity index is 1020. The number of rotatable bonds is 5. The van der Waals surface area contributed by atoms with Gasteiger partial charge in [0, 0.05) is 41.4 Å². The third-order valence-electron chi connectivity index (χ3n) is 3.86. The Labute approximate surface area is 149 Å². The second kappa shape index (κ2) is 6.86. The van der Waals surface area contributed by atoms with Crippen molar-refractivity contribution in [3.8, 4) is 0 Å². The number of fused-ring (bicyclic) bond motifs is 1. The maximum atomic E-state index is 4.32. The van der Waals surface area contributed by atoms with Crippen molar-refractivity contribution in [2.75, 3.05) is 5.43 Å². The number of aryl methyl sites for hydroxylation is 1. The summed E-state index contributed by atoms with van der Waals surface area (Å²) in [5.41, 5.74) is 7.40. The molecule has 0 fully saturated rings. The van der Waals surface area contributed by atoms with Gasteiger partial charge >= 0.3 is 0 Å². The van der Waals surface area contributed by atoms with Crippen LogP contribution in [0.1, 0.15) is 16.8 Å². The van der Waals surface area contributed by atoms with Crippen molar-refractivity contribution in [1.82, 2.24) is 14.5 Å². The van der Waals surface area contributed by atoms with Gasteiger partial charge in [0.15, 0.2) is 0 Å². The predicted molar refractivity (Wildman–Crippen MR) is 103 cm³/mol. The van der Waals surface area contributed by atoms with E-state index in [-0.39, 0.29) is 0 Å². The van der Waals surface area contributed by atoms with Crippen LogP contribution in [0.2, 0.25) is 0 Å². The number of anilines is 1. The molecular weight excluding hydrogens is 330 g/mol. The molecule has 0 saturated carbocycles. The number of thiazole rings is 1. The van der Waals surface area contributed by atoms with Crippen LogP contribution in [0.4, 0.5) is 5.13 Å². The summed E-state index contributed by atoms with van der Waals surface area (Å²) in [5.74, 6) is 0. The maximum Gasteiger partial charge on any atom is 0.203 e. The van der Waals surface area contributed by atoms with Gasteiger partial charge in [-0.25, -0.2) is 4.98 Å². The highest BCUT2D eigenvalue weighted by Gasteiger charge is 2.03. The van der Waals surface area contributed by atoms with Gasteiger partial charge in [-0.1, -0.05) is 12.1 Å². The summed E-state index contributed by atoms with van der Waals surface area (Å²) >= 11 is 1.55. The number of nitrogens with one attached hydrogen (secondary N) is 1. The van der Waals surface area contributed by atoms with Crippen LogP contribution in [-0.4, -0.2) is 20.7 Å². The molecule has 124 valence electrons. The molecule has 25 heavy (non-hydrogen) atoms. The topological polar surface area (TPSA) is 55.1 Å². The maximum absolute atomic E-state index is 4.32. The number of benzene rings is 1. The van der Waals surface area contributed by atoms with E-state index in [1.807, 2.05) is 30.8 Å². The fourth-order valence-corrected chi connectivity index (χ4v) is 3.33. The van der Waals surface area contributed by atoms with Crippen LogP contribution in [0.5, 0.6) is 0 Å². The summed E-state index contributed by atoms with van der Waals surface area (Å²) in [6.07, 6.45) is 7.62. The first-order valence-electron chi connectivity index (χ1n) is 7.97. The molecule has 4 aromatic rings. The monoisotopic (exact) mass is 347 g/mol. The van der Waals surface area contributed by atoms with Gasteiger partial charge in [0.25, 0.3) is 0 Å². The lowest BCUT2D eigenvalue weighted by Gasteiger charge is -2.05. The number of nitrogens with zero attached hydrogens (tertiary/aromatic N) is 4. The molecule has 0 radical (unpaired) electrons. The first kappa shape index (κ1) is 15.5. The van der Waals surface area contributed by atoms with Crippen LogP contribution in [0, 0.1) is 6.92 Å². The molecule has 3 aromatic heterocycles. The molecule has 5 nitrogen and oxygen atoms in total. The molecule has 0 aliphatic heterocycles. The molecular formula is C19H17N5S. The van der Waals surface area contributed by atoms with E-state index in [9.17, 15) is 0 Å². The quantitative estimate of drug-likeness (QED) is 0.433. The summed E-state index contributed by atoms with van der Waals surface area (Å²) < 4.78 is 2.23. The van der Waals surface area contributed by atoms with Crippen molar-refractivity contribution in [2.45, 2.75) is 13.5 Å². The van der Waals surface area contributed by atoms with Crippen LogP contribution in [0.15, 0.2) is 65.5 Å². The molecule has 6 heteroatoms. The Kier molecular flexibility index (Phi) is 4.26. The lowest BCUT2D eigenvalue weighted by Crippen LogP contribution is -1.98. The molecule has 3 heterocycles. The minimum absolute atomic E-state index is 0.803. The largest absolute Gasteiger partial charge is 0.343 e.